The molecule has 0 bridgehead atoms. The molecule has 0 radical (unpaired) electrons. The Morgan fingerprint density at radius 1 is 1.53 bits per heavy atom. The van der Waals surface area contributed by atoms with Gasteiger partial charge in [-0.25, -0.2) is 0 Å². The number of amides is 1. The van der Waals surface area contributed by atoms with Gasteiger partial charge in [0.25, 0.3) is 0 Å². The fraction of sp³-hybridized carbons (Fsp3) is 0.571. The lowest BCUT2D eigenvalue weighted by Crippen LogP contribution is -2.41. The van der Waals surface area contributed by atoms with E-state index in [0.717, 1.165) is 6.42 Å². The van der Waals surface area contributed by atoms with Crippen molar-refractivity contribution in [3.8, 4) is 6.07 Å². The van der Waals surface area contributed by atoms with Crippen LogP contribution in [0.5, 0.6) is 0 Å². The Kier molecular flexibility index (Phi) is 6.54. The van der Waals surface area contributed by atoms with Gasteiger partial charge in [-0.05, 0) is 31.8 Å². The van der Waals surface area contributed by atoms with E-state index in [-0.39, 0.29) is 5.91 Å². The first-order chi connectivity index (χ1) is 9.04. The van der Waals surface area contributed by atoms with Crippen LogP contribution < -0.4 is 0 Å². The molecule has 0 saturated carbocycles. The quantitative estimate of drug-likeness (QED) is 0.767. The molecule has 0 fully saturated rings. The first-order valence-corrected chi connectivity index (χ1v) is 7.26. The van der Waals surface area contributed by atoms with E-state index in [1.807, 2.05) is 13.1 Å². The number of likely N-dealkylation sites (N-methyl/N-ethyl adjacent to an activating group) is 2. The number of nitriles is 1. The zero-order valence-corrected chi connectivity index (χ0v) is 12.6. The predicted molar refractivity (Wildman–Crippen MR) is 78.0 cm³/mol. The largest absolute Gasteiger partial charge is 0.344 e. The molecule has 0 spiro atoms. The third kappa shape index (κ3) is 5.41. The Morgan fingerprint density at radius 2 is 2.26 bits per heavy atom. The number of rotatable bonds is 7. The highest BCUT2D eigenvalue weighted by Crippen LogP contribution is 2.13. The normalized spacial score (nSPS) is 12.2. The highest BCUT2D eigenvalue weighted by atomic mass is 32.1. The van der Waals surface area contributed by atoms with Gasteiger partial charge in [0.05, 0.1) is 19.0 Å². The van der Waals surface area contributed by atoms with Gasteiger partial charge in [0.15, 0.2) is 0 Å². The highest BCUT2D eigenvalue weighted by Gasteiger charge is 2.16. The fourth-order valence-electron chi connectivity index (χ4n) is 1.71. The van der Waals surface area contributed by atoms with Crippen LogP contribution in [0, 0.1) is 11.3 Å². The lowest BCUT2D eigenvalue weighted by molar-refractivity contribution is -0.131. The molecule has 1 aromatic heterocycles. The first kappa shape index (κ1) is 15.7. The standard InChI is InChI=1S/C14H21N3OS/c1-12(10-13-6-4-9-19-13)17(3)11-14(18)16(2)8-5-7-15/h4,6,9,12H,5,8,10-11H2,1-3H3. The number of carbonyl (C=O) groups is 1. The smallest absolute Gasteiger partial charge is 0.236 e. The van der Waals surface area contributed by atoms with Crippen LogP contribution >= 0.6 is 11.3 Å². The van der Waals surface area contributed by atoms with Crippen LogP contribution in [0.3, 0.4) is 0 Å². The summed E-state index contributed by atoms with van der Waals surface area (Å²) in [6.07, 6.45) is 1.35. The summed E-state index contributed by atoms with van der Waals surface area (Å²) in [5.41, 5.74) is 0. The summed E-state index contributed by atoms with van der Waals surface area (Å²) in [6, 6.07) is 6.55. The minimum Gasteiger partial charge on any atom is -0.344 e. The van der Waals surface area contributed by atoms with Gasteiger partial charge in [0.1, 0.15) is 0 Å². The summed E-state index contributed by atoms with van der Waals surface area (Å²) in [5.74, 6) is 0.0655. The maximum Gasteiger partial charge on any atom is 0.236 e. The first-order valence-electron chi connectivity index (χ1n) is 6.38. The minimum absolute atomic E-state index is 0.0655. The van der Waals surface area contributed by atoms with Crippen LogP contribution in [0.15, 0.2) is 17.5 Å². The SMILES string of the molecule is CC(Cc1cccs1)N(C)CC(=O)N(C)CCC#N. The number of nitrogens with zero attached hydrogens (tertiary/aromatic N) is 3. The molecule has 0 aromatic carbocycles. The molecule has 1 aromatic rings. The van der Waals surface area contributed by atoms with E-state index >= 15 is 0 Å². The van der Waals surface area contributed by atoms with Crippen molar-refractivity contribution in [3.05, 3.63) is 22.4 Å². The summed E-state index contributed by atoms with van der Waals surface area (Å²) in [5, 5.41) is 10.6. The van der Waals surface area contributed by atoms with E-state index in [2.05, 4.69) is 29.3 Å². The third-order valence-corrected chi connectivity index (χ3v) is 4.10. The van der Waals surface area contributed by atoms with E-state index in [4.69, 9.17) is 5.26 Å². The Balaban J connectivity index is 2.38. The Bertz CT molecular complexity index is 424. The van der Waals surface area contributed by atoms with Crippen LogP contribution in [-0.2, 0) is 11.2 Å². The maximum absolute atomic E-state index is 11.9. The van der Waals surface area contributed by atoms with Crippen molar-refractivity contribution in [1.29, 1.82) is 5.26 Å². The van der Waals surface area contributed by atoms with Gasteiger partial charge < -0.3 is 4.90 Å². The van der Waals surface area contributed by atoms with Crippen molar-refractivity contribution in [3.63, 3.8) is 0 Å². The van der Waals surface area contributed by atoms with Crippen LogP contribution in [0.2, 0.25) is 0 Å². The molecule has 1 unspecified atom stereocenters. The zero-order valence-electron chi connectivity index (χ0n) is 11.8. The second kappa shape index (κ2) is 7.93. The Morgan fingerprint density at radius 3 is 2.84 bits per heavy atom. The zero-order chi connectivity index (χ0) is 14.3. The summed E-state index contributed by atoms with van der Waals surface area (Å²) in [4.78, 5) is 17.0. The van der Waals surface area contributed by atoms with E-state index < -0.39 is 0 Å². The summed E-state index contributed by atoms with van der Waals surface area (Å²) in [6.45, 7) is 3.03. The molecular weight excluding hydrogens is 258 g/mol. The molecule has 1 rings (SSSR count). The average Bonchev–Trinajstić information content (AvgIpc) is 2.88. The molecule has 0 saturated heterocycles. The van der Waals surface area contributed by atoms with E-state index in [1.54, 1.807) is 23.3 Å². The molecule has 1 atom stereocenters. The van der Waals surface area contributed by atoms with Crippen molar-refractivity contribution in [1.82, 2.24) is 9.80 Å². The highest BCUT2D eigenvalue weighted by molar-refractivity contribution is 7.09. The molecule has 104 valence electrons. The molecule has 5 heteroatoms. The van der Waals surface area contributed by atoms with E-state index in [9.17, 15) is 4.79 Å². The van der Waals surface area contributed by atoms with Crippen LogP contribution in [-0.4, -0.2) is 48.9 Å². The molecule has 1 amide bonds. The summed E-state index contributed by atoms with van der Waals surface area (Å²) >= 11 is 1.75. The van der Waals surface area contributed by atoms with E-state index in [1.165, 1.54) is 4.88 Å². The second-order valence-corrected chi connectivity index (χ2v) is 5.80. The van der Waals surface area contributed by atoms with Crippen LogP contribution in [0.4, 0.5) is 0 Å². The van der Waals surface area contributed by atoms with Gasteiger partial charge in [-0.1, -0.05) is 6.07 Å². The summed E-state index contributed by atoms with van der Waals surface area (Å²) in [7, 11) is 3.71. The van der Waals surface area contributed by atoms with Gasteiger partial charge in [-0.15, -0.1) is 11.3 Å². The number of hydrogen-bond donors (Lipinski definition) is 0. The Labute approximate surface area is 119 Å². The topological polar surface area (TPSA) is 47.3 Å². The molecule has 1 heterocycles. The number of hydrogen-bond acceptors (Lipinski definition) is 4. The van der Waals surface area contributed by atoms with Gasteiger partial charge in [0, 0.05) is 24.5 Å². The maximum atomic E-state index is 11.9. The van der Waals surface area contributed by atoms with Crippen molar-refractivity contribution < 1.29 is 4.79 Å². The molecule has 0 N–H and O–H groups in total. The van der Waals surface area contributed by atoms with Gasteiger partial charge in [-0.2, -0.15) is 5.26 Å². The van der Waals surface area contributed by atoms with Crippen molar-refractivity contribution in [2.45, 2.75) is 25.8 Å². The van der Waals surface area contributed by atoms with Crippen LogP contribution in [0.25, 0.3) is 0 Å². The molecule has 4 nitrogen and oxygen atoms in total. The lowest BCUT2D eigenvalue weighted by Gasteiger charge is -2.26. The second-order valence-electron chi connectivity index (χ2n) is 4.77. The van der Waals surface area contributed by atoms with Gasteiger partial charge in [-0.3, -0.25) is 9.69 Å². The third-order valence-electron chi connectivity index (χ3n) is 3.20. The molecule has 19 heavy (non-hydrogen) atoms. The number of carbonyl (C=O) groups excluding carboxylic acids is 1. The van der Waals surface area contributed by atoms with Crippen LogP contribution in [0.1, 0.15) is 18.2 Å². The van der Waals surface area contributed by atoms with Crippen molar-refractivity contribution >= 4 is 17.2 Å². The van der Waals surface area contributed by atoms with Gasteiger partial charge in [0.2, 0.25) is 5.91 Å². The lowest BCUT2D eigenvalue weighted by atomic mass is 10.2. The predicted octanol–water partition coefficient (Wildman–Crippen LogP) is 1.98. The Hall–Kier alpha value is -1.38. The monoisotopic (exact) mass is 279 g/mol. The molecule has 0 aliphatic carbocycles. The molecule has 0 aliphatic rings. The van der Waals surface area contributed by atoms with E-state index in [0.29, 0.717) is 25.6 Å². The fourth-order valence-corrected chi connectivity index (χ4v) is 2.53. The minimum atomic E-state index is 0.0655. The summed E-state index contributed by atoms with van der Waals surface area (Å²) < 4.78 is 0. The molecular formula is C14H21N3OS. The molecule has 0 aliphatic heterocycles. The van der Waals surface area contributed by atoms with Gasteiger partial charge >= 0.3 is 0 Å². The average molecular weight is 279 g/mol. The van der Waals surface area contributed by atoms with Crippen molar-refractivity contribution in [2.24, 2.45) is 0 Å². The number of thiophene rings is 1. The van der Waals surface area contributed by atoms with Crippen molar-refractivity contribution in [2.75, 3.05) is 27.2 Å².